The number of aromatic nitrogens is 3. The third-order valence-electron chi connectivity index (χ3n) is 5.25. The second-order valence-corrected chi connectivity index (χ2v) is 8.24. The van der Waals surface area contributed by atoms with Crippen LogP contribution in [0.5, 0.6) is 0 Å². The van der Waals surface area contributed by atoms with Crippen molar-refractivity contribution >= 4 is 17.1 Å². The van der Waals surface area contributed by atoms with Crippen molar-refractivity contribution in [2.45, 2.75) is 31.7 Å². The number of nitriles is 1. The van der Waals surface area contributed by atoms with Gasteiger partial charge in [-0.1, -0.05) is 0 Å². The van der Waals surface area contributed by atoms with E-state index in [4.69, 9.17) is 10.00 Å². The quantitative estimate of drug-likeness (QED) is 0.515. The number of rotatable bonds is 7. The van der Waals surface area contributed by atoms with Gasteiger partial charge in [0.1, 0.15) is 12.2 Å². The van der Waals surface area contributed by atoms with Gasteiger partial charge in [-0.2, -0.15) is 10.4 Å². The summed E-state index contributed by atoms with van der Waals surface area (Å²) in [6.45, 7) is 3.38. The highest BCUT2D eigenvalue weighted by atomic mass is 19.1. The number of ether oxygens (including phenoxy) is 1. The minimum Gasteiger partial charge on any atom is -0.387 e. The Balaban J connectivity index is 1.64. The van der Waals surface area contributed by atoms with E-state index in [1.54, 1.807) is 16.6 Å². The minimum absolute atomic E-state index is 0.0440. The standard InChI is InChI=1S/C22H23FN6O3/c1-22(2,31)20(23)10-26-21(30)16-9-25-18(6-17(16)28-14-11-32-12-14)19-4-3-15-5-13(7-24)8-27-29(15)19/h3-6,8-9,14,20,31H,10-12H2,1-2H3,(H,25,28)(H,26,30)/t20-/m1/s1. The SMILES string of the molecule is CC(C)(O)[C@H](F)CNC(=O)c1cnc(-c2ccc3cc(C#N)cnn23)cc1NC1COC1. The summed E-state index contributed by atoms with van der Waals surface area (Å²) < 4.78 is 20.9. The summed E-state index contributed by atoms with van der Waals surface area (Å²) in [5, 5.41) is 28.9. The Morgan fingerprint density at radius 1 is 1.41 bits per heavy atom. The highest BCUT2D eigenvalue weighted by Gasteiger charge is 2.28. The number of pyridine rings is 1. The third-order valence-corrected chi connectivity index (χ3v) is 5.25. The van der Waals surface area contributed by atoms with Crippen molar-refractivity contribution in [1.82, 2.24) is 19.9 Å². The summed E-state index contributed by atoms with van der Waals surface area (Å²) in [5.74, 6) is -0.504. The molecule has 0 unspecified atom stereocenters. The largest absolute Gasteiger partial charge is 0.387 e. The van der Waals surface area contributed by atoms with Crippen LogP contribution in [0.15, 0.2) is 36.7 Å². The van der Waals surface area contributed by atoms with Crippen molar-refractivity contribution in [3.05, 3.63) is 47.8 Å². The molecular weight excluding hydrogens is 415 g/mol. The fourth-order valence-corrected chi connectivity index (χ4v) is 3.22. The first-order valence-corrected chi connectivity index (χ1v) is 10.1. The molecule has 0 bridgehead atoms. The fourth-order valence-electron chi connectivity index (χ4n) is 3.22. The van der Waals surface area contributed by atoms with Crippen LogP contribution in [0.25, 0.3) is 16.9 Å². The molecule has 10 heteroatoms. The summed E-state index contributed by atoms with van der Waals surface area (Å²) in [7, 11) is 0. The molecule has 0 radical (unpaired) electrons. The van der Waals surface area contributed by atoms with Gasteiger partial charge in [0.15, 0.2) is 0 Å². The van der Waals surface area contributed by atoms with Gasteiger partial charge in [-0.15, -0.1) is 0 Å². The number of carbonyl (C=O) groups is 1. The molecule has 166 valence electrons. The van der Waals surface area contributed by atoms with E-state index in [0.29, 0.717) is 35.9 Å². The molecule has 1 amide bonds. The van der Waals surface area contributed by atoms with Crippen LogP contribution in [0.1, 0.15) is 29.8 Å². The minimum atomic E-state index is -1.62. The van der Waals surface area contributed by atoms with Crippen LogP contribution in [0.3, 0.4) is 0 Å². The average molecular weight is 438 g/mol. The van der Waals surface area contributed by atoms with E-state index in [2.05, 4.69) is 26.8 Å². The normalized spacial score (nSPS) is 15.1. The number of fused-ring (bicyclic) bond motifs is 1. The topological polar surface area (TPSA) is 125 Å². The van der Waals surface area contributed by atoms with Crippen LogP contribution in [-0.2, 0) is 4.74 Å². The van der Waals surface area contributed by atoms with Crippen molar-refractivity contribution in [2.24, 2.45) is 0 Å². The van der Waals surface area contributed by atoms with Gasteiger partial charge in [0.25, 0.3) is 5.91 Å². The lowest BCUT2D eigenvalue weighted by molar-refractivity contribution is -0.00178. The Morgan fingerprint density at radius 3 is 2.84 bits per heavy atom. The Hall–Kier alpha value is -3.55. The molecule has 0 aliphatic carbocycles. The molecule has 4 rings (SSSR count). The van der Waals surface area contributed by atoms with Gasteiger partial charge in [-0.25, -0.2) is 8.91 Å². The number of hydrogen-bond acceptors (Lipinski definition) is 7. The summed E-state index contributed by atoms with van der Waals surface area (Å²) in [6, 6.07) is 9.22. The first-order valence-electron chi connectivity index (χ1n) is 10.1. The second-order valence-electron chi connectivity index (χ2n) is 8.24. The Kier molecular flexibility index (Phi) is 5.78. The molecule has 0 spiro atoms. The van der Waals surface area contributed by atoms with Crippen LogP contribution in [0, 0.1) is 11.3 Å². The van der Waals surface area contributed by atoms with Gasteiger partial charge in [0, 0.05) is 6.20 Å². The first kappa shape index (κ1) is 21.7. The van der Waals surface area contributed by atoms with Crippen LogP contribution in [0.4, 0.5) is 10.1 Å². The molecule has 1 fully saturated rings. The Morgan fingerprint density at radius 2 is 2.19 bits per heavy atom. The molecule has 0 aromatic carbocycles. The molecule has 4 heterocycles. The highest BCUT2D eigenvalue weighted by Crippen LogP contribution is 2.26. The maximum Gasteiger partial charge on any atom is 0.255 e. The maximum absolute atomic E-state index is 14.1. The summed E-state index contributed by atoms with van der Waals surface area (Å²) >= 11 is 0. The Bertz CT molecular complexity index is 1190. The number of nitrogens with zero attached hydrogens (tertiary/aromatic N) is 4. The smallest absolute Gasteiger partial charge is 0.255 e. The van der Waals surface area contributed by atoms with Gasteiger partial charge in [0.2, 0.25) is 0 Å². The number of anilines is 1. The third kappa shape index (κ3) is 4.39. The van der Waals surface area contributed by atoms with Crippen LogP contribution in [0.2, 0.25) is 0 Å². The van der Waals surface area contributed by atoms with Crippen LogP contribution in [-0.4, -0.2) is 63.2 Å². The summed E-state index contributed by atoms with van der Waals surface area (Å²) in [6.07, 6.45) is 1.28. The lowest BCUT2D eigenvalue weighted by Crippen LogP contribution is -2.43. The van der Waals surface area contributed by atoms with Gasteiger partial charge >= 0.3 is 0 Å². The van der Waals surface area contributed by atoms with Gasteiger partial charge in [-0.05, 0) is 38.1 Å². The number of nitrogens with one attached hydrogen (secondary N) is 2. The number of aliphatic hydroxyl groups is 1. The van der Waals surface area contributed by atoms with Crippen molar-refractivity contribution in [1.29, 1.82) is 5.26 Å². The number of hydrogen-bond donors (Lipinski definition) is 3. The maximum atomic E-state index is 14.1. The molecule has 32 heavy (non-hydrogen) atoms. The molecule has 0 saturated carbocycles. The number of carbonyl (C=O) groups excluding carboxylic acids is 1. The molecule has 3 aromatic heterocycles. The molecule has 3 N–H and O–H groups in total. The van der Waals surface area contributed by atoms with E-state index in [1.165, 1.54) is 26.2 Å². The van der Waals surface area contributed by atoms with Crippen molar-refractivity contribution < 1.29 is 19.0 Å². The van der Waals surface area contributed by atoms with Crippen LogP contribution < -0.4 is 10.6 Å². The average Bonchev–Trinajstić information content (AvgIpc) is 3.16. The highest BCUT2D eigenvalue weighted by molar-refractivity contribution is 6.00. The molecule has 1 saturated heterocycles. The summed E-state index contributed by atoms with van der Waals surface area (Å²) in [5.41, 5.74) is 1.68. The molecule has 1 aliphatic rings. The van der Waals surface area contributed by atoms with E-state index >= 15 is 0 Å². The van der Waals surface area contributed by atoms with E-state index in [9.17, 15) is 14.3 Å². The van der Waals surface area contributed by atoms with E-state index in [1.807, 2.05) is 12.1 Å². The zero-order chi connectivity index (χ0) is 22.9. The predicted molar refractivity (Wildman–Crippen MR) is 115 cm³/mol. The van der Waals surface area contributed by atoms with Crippen molar-refractivity contribution in [2.75, 3.05) is 25.1 Å². The molecule has 3 aromatic rings. The van der Waals surface area contributed by atoms with E-state index < -0.39 is 17.7 Å². The van der Waals surface area contributed by atoms with Crippen molar-refractivity contribution in [3.8, 4) is 17.5 Å². The lowest BCUT2D eigenvalue weighted by Gasteiger charge is -2.29. The lowest BCUT2D eigenvalue weighted by atomic mass is 10.0. The predicted octanol–water partition coefficient (Wildman–Crippen LogP) is 1.92. The number of halogens is 1. The van der Waals surface area contributed by atoms with Gasteiger partial charge in [-0.3, -0.25) is 9.78 Å². The monoisotopic (exact) mass is 438 g/mol. The number of alkyl halides is 1. The number of amides is 1. The second kappa shape index (κ2) is 8.53. The molecule has 1 atom stereocenters. The van der Waals surface area contributed by atoms with E-state index in [0.717, 1.165) is 5.52 Å². The first-order chi connectivity index (χ1) is 15.3. The fraction of sp³-hybridized carbons (Fsp3) is 0.364. The zero-order valence-corrected chi connectivity index (χ0v) is 17.7. The van der Waals surface area contributed by atoms with E-state index in [-0.39, 0.29) is 18.2 Å². The zero-order valence-electron chi connectivity index (χ0n) is 17.7. The van der Waals surface area contributed by atoms with Gasteiger partial charge in [0.05, 0.1) is 71.3 Å². The van der Waals surface area contributed by atoms with Crippen LogP contribution >= 0.6 is 0 Å². The Labute approximate surface area is 183 Å². The molecule has 1 aliphatic heterocycles. The molecular formula is C22H23FN6O3. The van der Waals surface area contributed by atoms with Crippen molar-refractivity contribution in [3.63, 3.8) is 0 Å². The summed E-state index contributed by atoms with van der Waals surface area (Å²) in [4.78, 5) is 17.2. The van der Waals surface area contributed by atoms with Gasteiger partial charge < -0.3 is 20.5 Å². The molecule has 9 nitrogen and oxygen atoms in total.